The van der Waals surface area contributed by atoms with Crippen molar-refractivity contribution in [3.63, 3.8) is 0 Å². The van der Waals surface area contributed by atoms with Crippen molar-refractivity contribution in [2.24, 2.45) is 0 Å². The molecule has 90 valence electrons. The van der Waals surface area contributed by atoms with E-state index in [1.165, 1.54) is 6.92 Å². The number of halogens is 1. The summed E-state index contributed by atoms with van der Waals surface area (Å²) in [6, 6.07) is 8.75. The van der Waals surface area contributed by atoms with Gasteiger partial charge in [0.15, 0.2) is 0 Å². The SMILES string of the molecule is CC(=O)O[C@H](CC#N)COc1ccc(Cl)cc1. The van der Waals surface area contributed by atoms with Gasteiger partial charge >= 0.3 is 5.97 Å². The Kier molecular flexibility index (Phi) is 5.31. The second-order valence-electron chi connectivity index (χ2n) is 3.36. The first-order valence-corrected chi connectivity index (χ1v) is 5.42. The Morgan fingerprint density at radius 3 is 2.65 bits per heavy atom. The number of carbonyl (C=O) groups excluding carboxylic acids is 1. The van der Waals surface area contributed by atoms with Crippen LogP contribution in [-0.4, -0.2) is 18.7 Å². The highest BCUT2D eigenvalue weighted by atomic mass is 35.5. The summed E-state index contributed by atoms with van der Waals surface area (Å²) in [5, 5.41) is 9.19. The average Bonchev–Trinajstić information content (AvgIpc) is 2.27. The summed E-state index contributed by atoms with van der Waals surface area (Å²) >= 11 is 5.72. The molecule has 0 radical (unpaired) electrons. The smallest absolute Gasteiger partial charge is 0.303 e. The summed E-state index contributed by atoms with van der Waals surface area (Å²) in [5.41, 5.74) is 0. The Bertz CT molecular complexity index is 411. The van der Waals surface area contributed by atoms with E-state index in [2.05, 4.69) is 0 Å². The number of nitriles is 1. The first-order chi connectivity index (χ1) is 8.11. The van der Waals surface area contributed by atoms with E-state index >= 15 is 0 Å². The highest BCUT2D eigenvalue weighted by molar-refractivity contribution is 6.30. The normalized spacial score (nSPS) is 11.4. The number of hydrogen-bond acceptors (Lipinski definition) is 4. The van der Waals surface area contributed by atoms with E-state index in [1.807, 2.05) is 6.07 Å². The first-order valence-electron chi connectivity index (χ1n) is 5.04. The van der Waals surface area contributed by atoms with Crippen molar-refractivity contribution in [2.75, 3.05) is 6.61 Å². The zero-order chi connectivity index (χ0) is 12.7. The molecule has 4 nitrogen and oxygen atoms in total. The second-order valence-corrected chi connectivity index (χ2v) is 3.80. The van der Waals surface area contributed by atoms with Gasteiger partial charge in [-0.15, -0.1) is 0 Å². The van der Waals surface area contributed by atoms with Crippen LogP contribution in [0.2, 0.25) is 5.02 Å². The molecule has 0 saturated carbocycles. The van der Waals surface area contributed by atoms with E-state index in [0.717, 1.165) is 0 Å². The van der Waals surface area contributed by atoms with Gasteiger partial charge in [0.25, 0.3) is 0 Å². The summed E-state index contributed by atoms with van der Waals surface area (Å²) < 4.78 is 10.3. The molecule has 5 heteroatoms. The summed E-state index contributed by atoms with van der Waals surface area (Å²) in [6.45, 7) is 1.45. The van der Waals surface area contributed by atoms with Crippen LogP contribution in [0.25, 0.3) is 0 Å². The van der Waals surface area contributed by atoms with Gasteiger partial charge in [-0.2, -0.15) is 5.26 Å². The van der Waals surface area contributed by atoms with Gasteiger partial charge in [0.05, 0.1) is 12.5 Å². The fraction of sp³-hybridized carbons (Fsp3) is 0.333. The summed E-state index contributed by atoms with van der Waals surface area (Å²) in [7, 11) is 0. The van der Waals surface area contributed by atoms with Crippen molar-refractivity contribution >= 4 is 17.6 Å². The molecule has 0 bridgehead atoms. The highest BCUT2D eigenvalue weighted by Crippen LogP contribution is 2.16. The molecule has 0 aliphatic heterocycles. The predicted octanol–water partition coefficient (Wildman–Crippen LogP) is 2.56. The molecule has 0 aromatic heterocycles. The Morgan fingerprint density at radius 1 is 1.47 bits per heavy atom. The molecule has 0 saturated heterocycles. The van der Waals surface area contributed by atoms with Crippen LogP contribution in [0.1, 0.15) is 13.3 Å². The molecule has 0 unspecified atom stereocenters. The number of nitrogens with zero attached hydrogens (tertiary/aromatic N) is 1. The molecule has 0 fully saturated rings. The maximum Gasteiger partial charge on any atom is 0.303 e. The lowest BCUT2D eigenvalue weighted by Crippen LogP contribution is -2.23. The minimum absolute atomic E-state index is 0.104. The lowest BCUT2D eigenvalue weighted by molar-refractivity contribution is -0.147. The third-order valence-electron chi connectivity index (χ3n) is 1.90. The summed E-state index contributed by atoms with van der Waals surface area (Å²) in [4.78, 5) is 10.8. The molecule has 1 aromatic carbocycles. The number of carbonyl (C=O) groups is 1. The van der Waals surface area contributed by atoms with Gasteiger partial charge in [-0.25, -0.2) is 0 Å². The minimum atomic E-state index is -0.548. The number of benzene rings is 1. The lowest BCUT2D eigenvalue weighted by Gasteiger charge is -2.14. The molecule has 1 aromatic rings. The van der Waals surface area contributed by atoms with E-state index in [-0.39, 0.29) is 13.0 Å². The van der Waals surface area contributed by atoms with Crippen molar-refractivity contribution in [1.29, 1.82) is 5.26 Å². The van der Waals surface area contributed by atoms with E-state index in [4.69, 9.17) is 26.3 Å². The maximum atomic E-state index is 10.8. The summed E-state index contributed by atoms with van der Waals surface area (Å²) in [6.07, 6.45) is -0.444. The Morgan fingerprint density at radius 2 is 2.12 bits per heavy atom. The van der Waals surface area contributed by atoms with Gasteiger partial charge in [-0.05, 0) is 24.3 Å². The molecular weight excluding hydrogens is 242 g/mol. The quantitative estimate of drug-likeness (QED) is 0.757. The fourth-order valence-electron chi connectivity index (χ4n) is 1.19. The largest absolute Gasteiger partial charge is 0.490 e. The van der Waals surface area contributed by atoms with Crippen LogP contribution in [0.15, 0.2) is 24.3 Å². The van der Waals surface area contributed by atoms with Crippen molar-refractivity contribution in [2.45, 2.75) is 19.4 Å². The molecule has 0 amide bonds. The number of ether oxygens (including phenoxy) is 2. The minimum Gasteiger partial charge on any atom is -0.490 e. The van der Waals surface area contributed by atoms with E-state index < -0.39 is 12.1 Å². The molecule has 0 heterocycles. The molecule has 17 heavy (non-hydrogen) atoms. The van der Waals surface area contributed by atoms with Crippen LogP contribution in [0.3, 0.4) is 0 Å². The monoisotopic (exact) mass is 253 g/mol. The van der Waals surface area contributed by atoms with Gasteiger partial charge in [0.1, 0.15) is 18.5 Å². The van der Waals surface area contributed by atoms with Crippen molar-refractivity contribution in [1.82, 2.24) is 0 Å². The van der Waals surface area contributed by atoms with Gasteiger partial charge in [0, 0.05) is 11.9 Å². The van der Waals surface area contributed by atoms with E-state index in [1.54, 1.807) is 24.3 Å². The highest BCUT2D eigenvalue weighted by Gasteiger charge is 2.12. The van der Waals surface area contributed by atoms with Crippen LogP contribution in [0, 0.1) is 11.3 Å². The van der Waals surface area contributed by atoms with Crippen LogP contribution in [0.4, 0.5) is 0 Å². The van der Waals surface area contributed by atoms with Crippen LogP contribution in [0.5, 0.6) is 5.75 Å². The maximum absolute atomic E-state index is 10.8. The number of rotatable bonds is 5. The van der Waals surface area contributed by atoms with E-state index in [0.29, 0.717) is 10.8 Å². The molecular formula is C12H12ClNO3. The third-order valence-corrected chi connectivity index (χ3v) is 2.15. The van der Waals surface area contributed by atoms with Gasteiger partial charge in [-0.1, -0.05) is 11.6 Å². The molecule has 0 aliphatic rings. The van der Waals surface area contributed by atoms with Crippen molar-refractivity contribution < 1.29 is 14.3 Å². The van der Waals surface area contributed by atoms with Gasteiger partial charge < -0.3 is 9.47 Å². The first kappa shape index (κ1) is 13.3. The Labute approximate surface area is 105 Å². The zero-order valence-corrected chi connectivity index (χ0v) is 10.1. The second kappa shape index (κ2) is 6.77. The van der Waals surface area contributed by atoms with Gasteiger partial charge in [0.2, 0.25) is 0 Å². The predicted molar refractivity (Wildman–Crippen MR) is 62.7 cm³/mol. The molecule has 0 N–H and O–H groups in total. The van der Waals surface area contributed by atoms with Crippen molar-refractivity contribution in [3.05, 3.63) is 29.3 Å². The lowest BCUT2D eigenvalue weighted by atomic mass is 10.3. The van der Waals surface area contributed by atoms with Crippen LogP contribution < -0.4 is 4.74 Å². The third kappa shape index (κ3) is 5.23. The Balaban J connectivity index is 2.48. The van der Waals surface area contributed by atoms with Crippen LogP contribution in [-0.2, 0) is 9.53 Å². The molecule has 0 aliphatic carbocycles. The average molecular weight is 254 g/mol. The zero-order valence-electron chi connectivity index (χ0n) is 9.35. The van der Waals surface area contributed by atoms with Gasteiger partial charge in [-0.3, -0.25) is 4.79 Å². The fourth-order valence-corrected chi connectivity index (χ4v) is 1.32. The van der Waals surface area contributed by atoms with Crippen molar-refractivity contribution in [3.8, 4) is 11.8 Å². The number of hydrogen-bond donors (Lipinski definition) is 0. The van der Waals surface area contributed by atoms with Crippen LogP contribution >= 0.6 is 11.6 Å². The standard InChI is InChI=1S/C12H12ClNO3/c1-9(15)17-12(6-7-14)8-16-11-4-2-10(13)3-5-11/h2-5,12H,6,8H2,1H3/t12-/m1/s1. The summed E-state index contributed by atoms with van der Waals surface area (Å²) in [5.74, 6) is 0.189. The van der Waals surface area contributed by atoms with E-state index in [9.17, 15) is 4.79 Å². The topological polar surface area (TPSA) is 59.3 Å². The molecule has 1 atom stereocenters. The molecule has 0 spiro atoms. The molecule has 1 rings (SSSR count). The Hall–Kier alpha value is -1.73. The number of esters is 1.